The van der Waals surface area contributed by atoms with Crippen LogP contribution in [0.3, 0.4) is 0 Å². The zero-order chi connectivity index (χ0) is 17.9. The molecule has 2 atom stereocenters. The molecule has 0 bridgehead atoms. The average molecular weight is 339 g/mol. The van der Waals surface area contributed by atoms with E-state index in [-0.39, 0.29) is 23.5 Å². The van der Waals surface area contributed by atoms with Crippen molar-refractivity contribution in [3.63, 3.8) is 0 Å². The number of rotatable bonds is 5. The van der Waals surface area contributed by atoms with Crippen LogP contribution < -0.4 is 10.1 Å². The lowest BCUT2D eigenvalue weighted by atomic mass is 9.78. The van der Waals surface area contributed by atoms with E-state index >= 15 is 0 Å². The summed E-state index contributed by atoms with van der Waals surface area (Å²) in [6.07, 6.45) is 0.612. The van der Waals surface area contributed by atoms with Gasteiger partial charge in [-0.3, -0.25) is 4.79 Å². The first-order chi connectivity index (χ1) is 12.0. The highest BCUT2D eigenvalue weighted by Crippen LogP contribution is 2.32. The van der Waals surface area contributed by atoms with Crippen molar-refractivity contribution in [3.8, 4) is 5.75 Å². The minimum Gasteiger partial charge on any atom is -0.489 e. The summed E-state index contributed by atoms with van der Waals surface area (Å²) in [4.78, 5) is 11.6. The molecule has 0 spiro atoms. The van der Waals surface area contributed by atoms with Crippen LogP contribution in [0.15, 0.2) is 54.6 Å². The van der Waals surface area contributed by atoms with E-state index in [0.29, 0.717) is 13.0 Å². The largest absolute Gasteiger partial charge is 0.489 e. The summed E-state index contributed by atoms with van der Waals surface area (Å²) in [6, 6.07) is 18.4. The zero-order valence-corrected chi connectivity index (χ0v) is 15.0. The van der Waals surface area contributed by atoms with Gasteiger partial charge in [0.25, 0.3) is 0 Å². The summed E-state index contributed by atoms with van der Waals surface area (Å²) in [5.41, 5.74) is 2.46. The van der Waals surface area contributed by atoms with Crippen LogP contribution in [-0.2, 0) is 14.9 Å². The second kappa shape index (κ2) is 7.28. The summed E-state index contributed by atoms with van der Waals surface area (Å²) in [7, 11) is 1.41. The van der Waals surface area contributed by atoms with E-state index in [9.17, 15) is 4.79 Å². The van der Waals surface area contributed by atoms with Crippen LogP contribution >= 0.6 is 0 Å². The van der Waals surface area contributed by atoms with E-state index in [1.165, 1.54) is 18.2 Å². The zero-order valence-electron chi connectivity index (χ0n) is 15.0. The Morgan fingerprint density at radius 3 is 2.32 bits per heavy atom. The van der Waals surface area contributed by atoms with Gasteiger partial charge in [-0.1, -0.05) is 56.3 Å². The predicted octanol–water partition coefficient (Wildman–Crippen LogP) is 3.29. The van der Waals surface area contributed by atoms with E-state index in [1.54, 1.807) is 0 Å². The number of hydrogen-bond donors (Lipinski definition) is 1. The molecular weight excluding hydrogens is 314 g/mol. The number of carbonyl (C=O) groups is 1. The number of benzene rings is 2. The quantitative estimate of drug-likeness (QED) is 0.849. The fraction of sp³-hybridized carbons (Fsp3) is 0.381. The van der Waals surface area contributed by atoms with Crippen molar-refractivity contribution in [2.45, 2.75) is 37.8 Å². The Labute approximate surface area is 149 Å². The number of ether oxygens (including phenoxy) is 2. The first-order valence-electron chi connectivity index (χ1n) is 8.64. The molecule has 0 amide bonds. The third-order valence-corrected chi connectivity index (χ3v) is 4.95. The van der Waals surface area contributed by atoms with Crippen LogP contribution in [0.25, 0.3) is 0 Å². The molecule has 4 heteroatoms. The lowest BCUT2D eigenvalue weighted by Gasteiger charge is -2.26. The molecule has 0 aliphatic carbocycles. The first-order valence-corrected chi connectivity index (χ1v) is 8.64. The summed E-state index contributed by atoms with van der Waals surface area (Å²) in [5.74, 6) is 0.594. The molecule has 0 aromatic heterocycles. The summed E-state index contributed by atoms with van der Waals surface area (Å²) >= 11 is 0. The second-order valence-electron chi connectivity index (χ2n) is 6.97. The molecule has 132 valence electrons. The Morgan fingerprint density at radius 1 is 1.04 bits per heavy atom. The van der Waals surface area contributed by atoms with Gasteiger partial charge in [-0.15, -0.1) is 0 Å². The molecule has 0 saturated carbocycles. The van der Waals surface area contributed by atoms with Crippen LogP contribution in [0.2, 0.25) is 0 Å². The number of esters is 1. The molecule has 4 nitrogen and oxygen atoms in total. The van der Waals surface area contributed by atoms with Gasteiger partial charge in [0.1, 0.15) is 17.9 Å². The number of hydrogen-bond acceptors (Lipinski definition) is 4. The van der Waals surface area contributed by atoms with Crippen molar-refractivity contribution in [2.75, 3.05) is 13.7 Å². The molecule has 1 N–H and O–H groups in total. The molecule has 1 fully saturated rings. The van der Waals surface area contributed by atoms with Crippen LogP contribution in [0, 0.1) is 0 Å². The van der Waals surface area contributed by atoms with Gasteiger partial charge in [-0.25, -0.2) is 0 Å². The van der Waals surface area contributed by atoms with E-state index in [2.05, 4.69) is 55.6 Å². The monoisotopic (exact) mass is 339 g/mol. The van der Waals surface area contributed by atoms with Crippen molar-refractivity contribution in [1.82, 2.24) is 5.32 Å². The Hall–Kier alpha value is -2.33. The normalized spacial score (nSPS) is 20.3. The van der Waals surface area contributed by atoms with Crippen LogP contribution in [0.1, 0.15) is 31.4 Å². The fourth-order valence-electron chi connectivity index (χ4n) is 3.28. The van der Waals surface area contributed by atoms with Gasteiger partial charge in [0, 0.05) is 18.4 Å². The minimum absolute atomic E-state index is 0.0166. The van der Waals surface area contributed by atoms with Crippen LogP contribution in [0.4, 0.5) is 0 Å². The first kappa shape index (κ1) is 17.5. The third kappa shape index (κ3) is 3.85. The second-order valence-corrected chi connectivity index (χ2v) is 6.97. The molecule has 3 rings (SSSR count). The summed E-state index contributed by atoms with van der Waals surface area (Å²) in [6.45, 7) is 5.09. The smallest absolute Gasteiger partial charge is 0.323 e. The van der Waals surface area contributed by atoms with E-state index in [0.717, 1.165) is 5.75 Å². The molecule has 1 aliphatic heterocycles. The van der Waals surface area contributed by atoms with Crippen LogP contribution in [-0.4, -0.2) is 31.8 Å². The topological polar surface area (TPSA) is 47.6 Å². The Balaban J connectivity index is 1.66. The molecule has 0 unspecified atom stereocenters. The molecule has 2 aromatic carbocycles. The SMILES string of the molecule is COC(=O)[C@@H]1C[C@H](Oc2ccc(C(C)(C)c3ccccc3)cc2)CN1. The van der Waals surface area contributed by atoms with Crippen molar-refractivity contribution in [1.29, 1.82) is 0 Å². The molecule has 2 aromatic rings. The van der Waals surface area contributed by atoms with Gasteiger partial charge in [0.2, 0.25) is 0 Å². The van der Waals surface area contributed by atoms with Crippen molar-refractivity contribution in [3.05, 3.63) is 65.7 Å². The van der Waals surface area contributed by atoms with Gasteiger partial charge in [-0.2, -0.15) is 0 Å². The lowest BCUT2D eigenvalue weighted by molar-refractivity contribution is -0.142. The Kier molecular flexibility index (Phi) is 5.09. The molecule has 0 radical (unpaired) electrons. The molecule has 1 saturated heterocycles. The van der Waals surface area contributed by atoms with Crippen LogP contribution in [0.5, 0.6) is 5.75 Å². The lowest BCUT2D eigenvalue weighted by Crippen LogP contribution is -2.31. The number of methoxy groups -OCH3 is 1. The van der Waals surface area contributed by atoms with Gasteiger partial charge in [-0.05, 0) is 23.3 Å². The van der Waals surface area contributed by atoms with Crippen molar-refractivity contribution in [2.24, 2.45) is 0 Å². The highest BCUT2D eigenvalue weighted by molar-refractivity contribution is 5.76. The predicted molar refractivity (Wildman–Crippen MR) is 97.9 cm³/mol. The maximum atomic E-state index is 11.6. The third-order valence-electron chi connectivity index (χ3n) is 4.95. The summed E-state index contributed by atoms with van der Waals surface area (Å²) in [5, 5.41) is 3.14. The summed E-state index contributed by atoms with van der Waals surface area (Å²) < 4.78 is 10.8. The molecular formula is C21H25NO3. The van der Waals surface area contributed by atoms with E-state index in [1.807, 2.05) is 18.2 Å². The fourth-order valence-corrected chi connectivity index (χ4v) is 3.28. The molecule has 1 aliphatic rings. The Bertz CT molecular complexity index is 710. The molecule has 25 heavy (non-hydrogen) atoms. The highest BCUT2D eigenvalue weighted by Gasteiger charge is 2.31. The van der Waals surface area contributed by atoms with Gasteiger partial charge in [0.05, 0.1) is 7.11 Å². The minimum atomic E-state index is -0.272. The highest BCUT2D eigenvalue weighted by atomic mass is 16.5. The molecule has 1 heterocycles. The van der Waals surface area contributed by atoms with Crippen molar-refractivity contribution >= 4 is 5.97 Å². The average Bonchev–Trinajstić information content (AvgIpc) is 3.11. The van der Waals surface area contributed by atoms with Crippen molar-refractivity contribution < 1.29 is 14.3 Å². The Morgan fingerprint density at radius 2 is 1.68 bits per heavy atom. The maximum Gasteiger partial charge on any atom is 0.323 e. The van der Waals surface area contributed by atoms with Gasteiger partial charge < -0.3 is 14.8 Å². The number of nitrogens with one attached hydrogen (secondary N) is 1. The maximum absolute atomic E-state index is 11.6. The standard InChI is InChI=1S/C21H25NO3/c1-21(2,15-7-5-4-6-8-15)16-9-11-17(12-10-16)25-18-13-19(22-14-18)20(23)24-3/h4-12,18-19,22H,13-14H2,1-3H3/t18-,19-/m0/s1. The van der Waals surface area contributed by atoms with E-state index < -0.39 is 0 Å². The van der Waals surface area contributed by atoms with Gasteiger partial charge in [0.15, 0.2) is 0 Å². The number of carbonyl (C=O) groups excluding carboxylic acids is 1. The van der Waals surface area contributed by atoms with E-state index in [4.69, 9.17) is 9.47 Å². The van der Waals surface area contributed by atoms with Gasteiger partial charge >= 0.3 is 5.97 Å².